The Hall–Kier alpha value is -0.260. The predicted molar refractivity (Wildman–Crippen MR) is 50.8 cm³/mol. The molecule has 12 heavy (non-hydrogen) atoms. The van der Waals surface area contributed by atoms with Crippen molar-refractivity contribution in [3.8, 4) is 0 Å². The third kappa shape index (κ3) is 0.841. The molecule has 0 amide bonds. The quantitative estimate of drug-likeness (QED) is 0.479. The van der Waals surface area contributed by atoms with Gasteiger partial charge in [-0.25, -0.2) is 0 Å². The molecule has 3 saturated carbocycles. The van der Waals surface area contributed by atoms with Gasteiger partial charge in [0, 0.05) is 0 Å². The summed E-state index contributed by atoms with van der Waals surface area (Å²) in [5.74, 6) is 4.08. The van der Waals surface area contributed by atoms with Crippen LogP contribution in [0.15, 0.2) is 12.2 Å². The van der Waals surface area contributed by atoms with E-state index in [4.69, 9.17) is 0 Å². The Morgan fingerprint density at radius 2 is 1.67 bits per heavy atom. The van der Waals surface area contributed by atoms with Crippen LogP contribution in [0.25, 0.3) is 0 Å². The van der Waals surface area contributed by atoms with Crippen LogP contribution in [-0.4, -0.2) is 0 Å². The van der Waals surface area contributed by atoms with Crippen LogP contribution in [0, 0.1) is 23.7 Å². The van der Waals surface area contributed by atoms with Crippen molar-refractivity contribution in [2.75, 3.05) is 0 Å². The lowest BCUT2D eigenvalue weighted by Gasteiger charge is -2.29. The maximum atomic E-state index is 4.31. The number of allylic oxidation sites excluding steroid dienone is 1. The van der Waals surface area contributed by atoms with Crippen molar-refractivity contribution in [2.24, 2.45) is 23.7 Å². The van der Waals surface area contributed by atoms with Crippen molar-refractivity contribution in [3.63, 3.8) is 0 Å². The summed E-state index contributed by atoms with van der Waals surface area (Å²) in [6.45, 7) is 4.31. The van der Waals surface area contributed by atoms with Crippen molar-refractivity contribution in [3.05, 3.63) is 12.2 Å². The molecule has 0 saturated heterocycles. The maximum Gasteiger partial charge on any atom is -0.0198 e. The van der Waals surface area contributed by atoms with Gasteiger partial charge in [-0.15, -0.1) is 0 Å². The normalized spacial score (nSPS) is 51.2. The molecule has 0 heterocycles. The summed E-state index contributed by atoms with van der Waals surface area (Å²) in [7, 11) is 0. The Kier molecular flexibility index (Phi) is 1.42. The number of fused-ring (bicyclic) bond motifs is 2. The van der Waals surface area contributed by atoms with Gasteiger partial charge in [0.25, 0.3) is 0 Å². The van der Waals surface area contributed by atoms with Gasteiger partial charge < -0.3 is 0 Å². The van der Waals surface area contributed by atoms with Crippen molar-refractivity contribution in [1.82, 2.24) is 0 Å². The zero-order chi connectivity index (χ0) is 8.13. The van der Waals surface area contributed by atoms with E-state index >= 15 is 0 Å². The monoisotopic (exact) mass is 162 g/mol. The molecule has 0 aromatic heterocycles. The molecular formula is C12H18. The molecule has 0 radical (unpaired) electrons. The van der Waals surface area contributed by atoms with E-state index in [-0.39, 0.29) is 0 Å². The van der Waals surface area contributed by atoms with Crippen molar-refractivity contribution in [1.29, 1.82) is 0 Å². The lowest BCUT2D eigenvalue weighted by molar-refractivity contribution is 0.324. The Morgan fingerprint density at radius 1 is 0.917 bits per heavy atom. The molecule has 4 unspecified atom stereocenters. The zero-order valence-electron chi connectivity index (χ0n) is 7.76. The zero-order valence-corrected chi connectivity index (χ0v) is 7.76. The van der Waals surface area contributed by atoms with Crippen LogP contribution in [0.5, 0.6) is 0 Å². The number of hydrogen-bond acceptors (Lipinski definition) is 0. The van der Waals surface area contributed by atoms with Gasteiger partial charge in [0.1, 0.15) is 0 Å². The smallest absolute Gasteiger partial charge is 0.0198 e. The van der Waals surface area contributed by atoms with Gasteiger partial charge in [-0.05, 0) is 49.4 Å². The fourth-order valence-electron chi connectivity index (χ4n) is 3.94. The second-order valence-electron chi connectivity index (χ2n) is 5.13. The largest absolute Gasteiger partial charge is 0.0993 e. The molecule has 0 aliphatic heterocycles. The van der Waals surface area contributed by atoms with E-state index in [1.807, 2.05) is 0 Å². The second kappa shape index (κ2) is 2.37. The summed E-state index contributed by atoms with van der Waals surface area (Å²) in [5, 5.41) is 0. The molecule has 0 nitrogen and oxygen atoms in total. The van der Waals surface area contributed by atoms with E-state index in [0.717, 1.165) is 23.7 Å². The highest BCUT2D eigenvalue weighted by molar-refractivity contribution is 5.15. The summed E-state index contributed by atoms with van der Waals surface area (Å²) >= 11 is 0. The highest BCUT2D eigenvalue weighted by atomic mass is 14.5. The van der Waals surface area contributed by atoms with Crippen molar-refractivity contribution < 1.29 is 0 Å². The standard InChI is InChI=1S/C12H18/c1-8-9-3-2-4-10-6-11(8)7-12(10)5-9/h9-12H,1-7H2. The average molecular weight is 162 g/mol. The Labute approximate surface area is 75.0 Å². The van der Waals surface area contributed by atoms with Gasteiger partial charge >= 0.3 is 0 Å². The highest BCUT2D eigenvalue weighted by Gasteiger charge is 2.43. The fourth-order valence-corrected chi connectivity index (χ4v) is 3.94. The fraction of sp³-hybridized carbons (Fsp3) is 0.833. The van der Waals surface area contributed by atoms with E-state index in [9.17, 15) is 0 Å². The van der Waals surface area contributed by atoms with E-state index in [0.29, 0.717) is 0 Å². The van der Waals surface area contributed by atoms with Crippen LogP contribution in [0.1, 0.15) is 38.5 Å². The summed E-state index contributed by atoms with van der Waals surface area (Å²) in [6.07, 6.45) is 8.98. The molecule has 3 bridgehead atoms. The molecule has 0 N–H and O–H groups in total. The Balaban J connectivity index is 1.97. The summed E-state index contributed by atoms with van der Waals surface area (Å²) in [4.78, 5) is 0. The third-order valence-electron chi connectivity index (χ3n) is 4.60. The van der Waals surface area contributed by atoms with Crippen molar-refractivity contribution >= 4 is 0 Å². The summed E-state index contributed by atoms with van der Waals surface area (Å²) in [5.41, 5.74) is 1.63. The number of hydrogen-bond donors (Lipinski definition) is 0. The first-order valence-corrected chi connectivity index (χ1v) is 5.53. The number of rotatable bonds is 0. The maximum absolute atomic E-state index is 4.31. The van der Waals surface area contributed by atoms with Gasteiger partial charge in [0.05, 0.1) is 0 Å². The van der Waals surface area contributed by atoms with Crippen LogP contribution in [0.3, 0.4) is 0 Å². The summed E-state index contributed by atoms with van der Waals surface area (Å²) in [6, 6.07) is 0. The predicted octanol–water partition coefficient (Wildman–Crippen LogP) is 3.39. The molecule has 4 atom stereocenters. The molecule has 3 aliphatic carbocycles. The molecule has 0 spiro atoms. The summed E-state index contributed by atoms with van der Waals surface area (Å²) < 4.78 is 0. The molecule has 0 heteroatoms. The van der Waals surface area contributed by atoms with Crippen molar-refractivity contribution in [2.45, 2.75) is 38.5 Å². The van der Waals surface area contributed by atoms with E-state index in [1.165, 1.54) is 38.5 Å². The third-order valence-corrected chi connectivity index (χ3v) is 4.60. The Bertz CT molecular complexity index is 216. The van der Waals surface area contributed by atoms with Gasteiger partial charge in [-0.3, -0.25) is 0 Å². The minimum atomic E-state index is 0.932. The minimum Gasteiger partial charge on any atom is -0.0993 e. The van der Waals surface area contributed by atoms with Crippen LogP contribution in [-0.2, 0) is 0 Å². The first-order chi connectivity index (χ1) is 5.84. The molecule has 3 rings (SSSR count). The van der Waals surface area contributed by atoms with Gasteiger partial charge in [-0.2, -0.15) is 0 Å². The minimum absolute atomic E-state index is 0.932. The SMILES string of the molecule is C=C1C2CCCC3CC1CC3C2. The van der Waals surface area contributed by atoms with E-state index in [2.05, 4.69) is 6.58 Å². The van der Waals surface area contributed by atoms with Crippen LogP contribution < -0.4 is 0 Å². The van der Waals surface area contributed by atoms with Crippen LogP contribution in [0.2, 0.25) is 0 Å². The van der Waals surface area contributed by atoms with E-state index in [1.54, 1.807) is 5.57 Å². The van der Waals surface area contributed by atoms with E-state index < -0.39 is 0 Å². The first kappa shape index (κ1) is 7.17. The van der Waals surface area contributed by atoms with Gasteiger partial charge in [-0.1, -0.05) is 25.0 Å². The molecule has 66 valence electrons. The molecule has 0 aromatic carbocycles. The first-order valence-electron chi connectivity index (χ1n) is 5.53. The van der Waals surface area contributed by atoms with Gasteiger partial charge in [0.15, 0.2) is 0 Å². The lowest BCUT2D eigenvalue weighted by atomic mass is 9.76. The van der Waals surface area contributed by atoms with Crippen LogP contribution in [0.4, 0.5) is 0 Å². The average Bonchev–Trinajstić information content (AvgIpc) is 2.32. The van der Waals surface area contributed by atoms with Gasteiger partial charge in [0.2, 0.25) is 0 Å². The highest BCUT2D eigenvalue weighted by Crippen LogP contribution is 2.55. The Morgan fingerprint density at radius 3 is 2.58 bits per heavy atom. The molecule has 0 aromatic rings. The molecule has 3 fully saturated rings. The second-order valence-corrected chi connectivity index (χ2v) is 5.13. The topological polar surface area (TPSA) is 0 Å². The molecule has 3 aliphatic rings. The van der Waals surface area contributed by atoms with Crippen LogP contribution >= 0.6 is 0 Å². The molecular weight excluding hydrogens is 144 g/mol. The lowest BCUT2D eigenvalue weighted by Crippen LogP contribution is -2.17.